The van der Waals surface area contributed by atoms with Crippen LogP contribution in [0.15, 0.2) is 27.4 Å². The lowest BCUT2D eigenvalue weighted by Crippen LogP contribution is -2.05. The number of rotatable bonds is 6. The monoisotopic (exact) mass is 316 g/mol. The van der Waals surface area contributed by atoms with E-state index in [0.717, 1.165) is 10.9 Å². The van der Waals surface area contributed by atoms with E-state index in [1.165, 1.54) is 6.07 Å². The van der Waals surface area contributed by atoms with E-state index in [4.69, 9.17) is 37.1 Å². The van der Waals surface area contributed by atoms with Crippen LogP contribution in [0.2, 0.25) is 0 Å². The molecule has 4 nitrogen and oxygen atoms in total. The van der Waals surface area contributed by atoms with E-state index in [0.29, 0.717) is 42.1 Å². The van der Waals surface area contributed by atoms with Crippen LogP contribution < -0.4 is 15.1 Å². The smallest absolute Gasteiger partial charge is 0.336 e. The molecule has 6 heteroatoms. The van der Waals surface area contributed by atoms with Crippen LogP contribution in [-0.2, 0) is 0 Å². The van der Waals surface area contributed by atoms with Crippen LogP contribution in [0.5, 0.6) is 11.5 Å². The summed E-state index contributed by atoms with van der Waals surface area (Å²) < 4.78 is 16.2. The standard InChI is InChI=1S/C14H14Cl2O4/c1-9-6-14(17)20-11-8-13(19-5-3-16)12(7-10(9)11)18-4-2-15/h6-8H,2-5H2,1H3. The summed E-state index contributed by atoms with van der Waals surface area (Å²) in [7, 11) is 0. The van der Waals surface area contributed by atoms with E-state index in [1.807, 2.05) is 6.92 Å². The first-order valence-electron chi connectivity index (χ1n) is 6.11. The van der Waals surface area contributed by atoms with Crippen LogP contribution in [0, 0.1) is 6.92 Å². The number of benzene rings is 1. The van der Waals surface area contributed by atoms with Gasteiger partial charge in [0.1, 0.15) is 18.8 Å². The molecule has 0 aliphatic heterocycles. The molecule has 0 amide bonds. The third kappa shape index (κ3) is 3.38. The summed E-state index contributed by atoms with van der Waals surface area (Å²) in [4.78, 5) is 11.4. The van der Waals surface area contributed by atoms with E-state index in [1.54, 1.807) is 12.1 Å². The second-order valence-electron chi connectivity index (χ2n) is 4.12. The summed E-state index contributed by atoms with van der Waals surface area (Å²) in [5.74, 6) is 1.76. The molecule has 2 rings (SSSR count). The lowest BCUT2D eigenvalue weighted by molar-refractivity contribution is 0.290. The Morgan fingerprint density at radius 2 is 1.65 bits per heavy atom. The van der Waals surface area contributed by atoms with Crippen molar-refractivity contribution in [1.29, 1.82) is 0 Å². The van der Waals surface area contributed by atoms with Crippen molar-refractivity contribution >= 4 is 34.2 Å². The number of alkyl halides is 2. The SMILES string of the molecule is Cc1cc(=O)oc2cc(OCCCl)c(OCCCl)cc12. The zero-order valence-electron chi connectivity index (χ0n) is 10.9. The average molecular weight is 317 g/mol. The van der Waals surface area contributed by atoms with E-state index in [2.05, 4.69) is 0 Å². The van der Waals surface area contributed by atoms with Gasteiger partial charge in [-0.15, -0.1) is 23.2 Å². The van der Waals surface area contributed by atoms with Crippen molar-refractivity contribution < 1.29 is 13.9 Å². The third-order valence-electron chi connectivity index (χ3n) is 2.69. The molecule has 0 saturated carbocycles. The average Bonchev–Trinajstić information content (AvgIpc) is 2.42. The topological polar surface area (TPSA) is 48.7 Å². The number of halogens is 2. The van der Waals surface area contributed by atoms with Crippen LogP contribution in [0.1, 0.15) is 5.56 Å². The molecule has 0 atom stereocenters. The first-order valence-corrected chi connectivity index (χ1v) is 7.18. The minimum Gasteiger partial charge on any atom is -0.488 e. The maximum atomic E-state index is 11.4. The molecular weight excluding hydrogens is 303 g/mol. The number of hydrogen-bond acceptors (Lipinski definition) is 4. The minimum absolute atomic E-state index is 0.334. The van der Waals surface area contributed by atoms with Crippen LogP contribution in [0.25, 0.3) is 11.0 Å². The summed E-state index contributed by atoms with van der Waals surface area (Å²) in [5.41, 5.74) is 0.876. The molecule has 1 aromatic heterocycles. The van der Waals surface area contributed by atoms with Crippen molar-refractivity contribution in [1.82, 2.24) is 0 Å². The molecule has 0 radical (unpaired) electrons. The van der Waals surface area contributed by atoms with Crippen molar-refractivity contribution in [2.45, 2.75) is 6.92 Å². The lowest BCUT2D eigenvalue weighted by Gasteiger charge is -2.13. The van der Waals surface area contributed by atoms with Crippen molar-refractivity contribution in [3.05, 3.63) is 34.2 Å². The van der Waals surface area contributed by atoms with Crippen molar-refractivity contribution in [3.8, 4) is 11.5 Å². The lowest BCUT2D eigenvalue weighted by atomic mass is 10.1. The number of ether oxygens (including phenoxy) is 2. The maximum Gasteiger partial charge on any atom is 0.336 e. The summed E-state index contributed by atoms with van der Waals surface area (Å²) in [6, 6.07) is 4.86. The van der Waals surface area contributed by atoms with Gasteiger partial charge in [0.2, 0.25) is 0 Å². The molecule has 0 bridgehead atoms. The Morgan fingerprint density at radius 3 is 2.25 bits per heavy atom. The predicted octanol–water partition coefficient (Wildman–Crippen LogP) is 3.34. The Morgan fingerprint density at radius 1 is 1.05 bits per heavy atom. The van der Waals surface area contributed by atoms with Crippen molar-refractivity contribution in [3.63, 3.8) is 0 Å². The molecule has 0 unspecified atom stereocenters. The molecule has 1 aromatic carbocycles. The quantitative estimate of drug-likeness (QED) is 0.606. The molecule has 0 aliphatic carbocycles. The van der Waals surface area contributed by atoms with Crippen LogP contribution in [0.4, 0.5) is 0 Å². The Balaban J connectivity index is 2.52. The van der Waals surface area contributed by atoms with E-state index in [9.17, 15) is 4.79 Å². The Labute approximate surface area is 126 Å². The molecule has 1 heterocycles. The number of fused-ring (bicyclic) bond motifs is 1. The molecule has 0 spiro atoms. The van der Waals surface area contributed by atoms with Gasteiger partial charge in [-0.05, 0) is 18.6 Å². The van der Waals surface area contributed by atoms with Gasteiger partial charge < -0.3 is 13.9 Å². The van der Waals surface area contributed by atoms with Gasteiger partial charge in [-0.3, -0.25) is 0 Å². The molecule has 0 saturated heterocycles. The molecule has 0 aliphatic rings. The Hall–Kier alpha value is -1.39. The van der Waals surface area contributed by atoms with Gasteiger partial charge in [-0.25, -0.2) is 4.79 Å². The maximum absolute atomic E-state index is 11.4. The van der Waals surface area contributed by atoms with Crippen LogP contribution in [0.3, 0.4) is 0 Å². The van der Waals surface area contributed by atoms with Crippen LogP contribution >= 0.6 is 23.2 Å². The highest BCUT2D eigenvalue weighted by Gasteiger charge is 2.11. The normalized spacial score (nSPS) is 10.8. The fourth-order valence-electron chi connectivity index (χ4n) is 1.85. The second kappa shape index (κ2) is 6.86. The molecule has 20 heavy (non-hydrogen) atoms. The number of aryl methyl sites for hydroxylation is 1. The van der Waals surface area contributed by atoms with Gasteiger partial charge in [-0.1, -0.05) is 0 Å². The van der Waals surface area contributed by atoms with E-state index in [-0.39, 0.29) is 0 Å². The predicted molar refractivity (Wildman–Crippen MR) is 79.7 cm³/mol. The molecule has 0 fully saturated rings. The summed E-state index contributed by atoms with van der Waals surface area (Å²) >= 11 is 11.2. The van der Waals surface area contributed by atoms with Gasteiger partial charge in [0.05, 0.1) is 11.8 Å². The van der Waals surface area contributed by atoms with Gasteiger partial charge in [0.25, 0.3) is 0 Å². The minimum atomic E-state index is -0.396. The summed E-state index contributed by atoms with van der Waals surface area (Å²) in [6.07, 6.45) is 0. The van der Waals surface area contributed by atoms with Gasteiger partial charge in [0, 0.05) is 17.5 Å². The van der Waals surface area contributed by atoms with E-state index >= 15 is 0 Å². The second-order valence-corrected chi connectivity index (χ2v) is 4.87. The molecule has 0 N–H and O–H groups in total. The first-order chi connectivity index (χ1) is 9.65. The fraction of sp³-hybridized carbons (Fsp3) is 0.357. The molecule has 108 valence electrons. The van der Waals surface area contributed by atoms with E-state index < -0.39 is 5.63 Å². The number of hydrogen-bond donors (Lipinski definition) is 0. The van der Waals surface area contributed by atoms with Crippen molar-refractivity contribution in [2.24, 2.45) is 0 Å². The summed E-state index contributed by atoms with van der Waals surface area (Å²) in [6.45, 7) is 2.53. The summed E-state index contributed by atoms with van der Waals surface area (Å²) in [5, 5.41) is 0.799. The largest absolute Gasteiger partial charge is 0.488 e. The Bertz CT molecular complexity index is 651. The van der Waals surface area contributed by atoms with Crippen LogP contribution in [-0.4, -0.2) is 25.0 Å². The molecule has 2 aromatic rings. The first kappa shape index (κ1) is 15.0. The third-order valence-corrected chi connectivity index (χ3v) is 2.99. The highest BCUT2D eigenvalue weighted by atomic mass is 35.5. The van der Waals surface area contributed by atoms with Gasteiger partial charge >= 0.3 is 5.63 Å². The fourth-order valence-corrected chi connectivity index (χ4v) is 2.00. The zero-order chi connectivity index (χ0) is 14.5. The Kier molecular flexibility index (Phi) is 5.15. The molecular formula is C14H14Cl2O4. The highest BCUT2D eigenvalue weighted by Crippen LogP contribution is 2.33. The highest BCUT2D eigenvalue weighted by molar-refractivity contribution is 6.18. The van der Waals surface area contributed by atoms with Gasteiger partial charge in [0.15, 0.2) is 11.5 Å². The van der Waals surface area contributed by atoms with Crippen molar-refractivity contribution in [2.75, 3.05) is 25.0 Å². The zero-order valence-corrected chi connectivity index (χ0v) is 12.5. The van der Waals surface area contributed by atoms with Gasteiger partial charge in [-0.2, -0.15) is 0 Å².